The minimum atomic E-state index is -4.58. The molecule has 1 aliphatic rings. The van der Waals surface area contributed by atoms with Gasteiger partial charge in [-0.2, -0.15) is 13.2 Å². The van der Waals surface area contributed by atoms with Crippen LogP contribution >= 0.6 is 0 Å². The van der Waals surface area contributed by atoms with Crippen LogP contribution < -0.4 is 10.6 Å². The van der Waals surface area contributed by atoms with Crippen molar-refractivity contribution in [3.05, 3.63) is 60.6 Å². The number of amides is 1. The lowest BCUT2D eigenvalue weighted by atomic mass is 10.1. The van der Waals surface area contributed by atoms with Gasteiger partial charge in [0.2, 0.25) is 11.7 Å². The number of carbonyl (C=O) groups excluding carboxylic acids is 1. The second-order valence-corrected chi connectivity index (χ2v) is 8.05. The summed E-state index contributed by atoms with van der Waals surface area (Å²) in [6.45, 7) is 0. The van der Waals surface area contributed by atoms with E-state index >= 15 is 0 Å². The molecule has 0 aromatic carbocycles. The van der Waals surface area contributed by atoms with Crippen molar-refractivity contribution in [1.82, 2.24) is 24.6 Å². The fraction of sp³-hybridized carbons (Fsp3) is 0.261. The topological polar surface area (TPSA) is 97.1 Å². The fourth-order valence-corrected chi connectivity index (χ4v) is 3.98. The highest BCUT2D eigenvalue weighted by Crippen LogP contribution is 2.30. The molecule has 0 atom stereocenters. The number of rotatable bonds is 5. The number of anilines is 3. The number of hydrogen-bond acceptors (Lipinski definition) is 6. The van der Waals surface area contributed by atoms with Crippen molar-refractivity contribution in [2.75, 3.05) is 10.6 Å². The average molecular weight is 467 g/mol. The molecular formula is C23H20F3N7O. The van der Waals surface area contributed by atoms with Gasteiger partial charge in [0.1, 0.15) is 22.7 Å². The van der Waals surface area contributed by atoms with Gasteiger partial charge in [0, 0.05) is 30.1 Å². The largest absolute Gasteiger partial charge is 0.433 e. The Balaban J connectivity index is 1.45. The first kappa shape index (κ1) is 21.8. The van der Waals surface area contributed by atoms with Crippen LogP contribution in [-0.2, 0) is 11.0 Å². The molecule has 0 bridgehead atoms. The highest BCUT2D eigenvalue weighted by Gasteiger charge is 2.32. The number of alkyl halides is 3. The molecule has 8 nitrogen and oxygen atoms in total. The van der Waals surface area contributed by atoms with E-state index in [0.717, 1.165) is 31.7 Å². The van der Waals surface area contributed by atoms with Crippen LogP contribution in [0.15, 0.2) is 54.9 Å². The van der Waals surface area contributed by atoms with Crippen LogP contribution in [0.1, 0.15) is 31.4 Å². The molecule has 5 rings (SSSR count). The van der Waals surface area contributed by atoms with E-state index in [-0.39, 0.29) is 23.3 Å². The van der Waals surface area contributed by atoms with Gasteiger partial charge in [-0.15, -0.1) is 5.10 Å². The summed E-state index contributed by atoms with van der Waals surface area (Å²) >= 11 is 0. The average Bonchev–Trinajstić information content (AvgIpc) is 3.51. The standard InChI is InChI=1S/C23H20F3N7O/c24-23(25,26)18-9-3-7-16(29-18)20-31-21(17-8-4-12-33(17)32-20)28-15-10-11-27-19(13-15)30-22(34)14-5-1-2-6-14/h3-4,7-14H,1-2,5-6H2,(H2,27,28,30,31,32,34). The van der Waals surface area contributed by atoms with E-state index in [1.165, 1.54) is 16.6 Å². The monoisotopic (exact) mass is 467 g/mol. The van der Waals surface area contributed by atoms with Crippen molar-refractivity contribution < 1.29 is 18.0 Å². The van der Waals surface area contributed by atoms with Crippen molar-refractivity contribution in [3.63, 3.8) is 0 Å². The molecule has 1 amide bonds. The Kier molecular flexibility index (Phi) is 5.60. The Morgan fingerprint density at radius 2 is 1.88 bits per heavy atom. The first-order valence-corrected chi connectivity index (χ1v) is 10.8. The number of carbonyl (C=O) groups is 1. The Bertz CT molecular complexity index is 1350. The van der Waals surface area contributed by atoms with E-state index in [9.17, 15) is 18.0 Å². The number of nitrogens with zero attached hydrogens (tertiary/aromatic N) is 5. The van der Waals surface area contributed by atoms with Gasteiger partial charge in [0.15, 0.2) is 5.82 Å². The van der Waals surface area contributed by atoms with Gasteiger partial charge < -0.3 is 10.6 Å². The second-order valence-electron chi connectivity index (χ2n) is 8.05. The molecule has 2 N–H and O–H groups in total. The molecule has 0 unspecified atom stereocenters. The summed E-state index contributed by atoms with van der Waals surface area (Å²) < 4.78 is 40.9. The molecule has 0 saturated heterocycles. The normalized spacial score (nSPS) is 14.4. The summed E-state index contributed by atoms with van der Waals surface area (Å²) in [4.78, 5) is 24.8. The molecule has 34 heavy (non-hydrogen) atoms. The van der Waals surface area contributed by atoms with Crippen LogP contribution in [0.2, 0.25) is 0 Å². The summed E-state index contributed by atoms with van der Waals surface area (Å²) in [5, 5.41) is 10.3. The molecule has 0 radical (unpaired) electrons. The minimum Gasteiger partial charge on any atom is -0.338 e. The highest BCUT2D eigenvalue weighted by molar-refractivity contribution is 5.92. The zero-order valence-electron chi connectivity index (χ0n) is 17.9. The first-order chi connectivity index (χ1) is 16.4. The number of halogens is 3. The highest BCUT2D eigenvalue weighted by atomic mass is 19.4. The SMILES string of the molecule is O=C(Nc1cc(Nc2nc(-c3cccc(C(F)(F)F)n3)nn3cccc23)ccn1)C1CCCC1. The Morgan fingerprint density at radius 1 is 1.06 bits per heavy atom. The summed E-state index contributed by atoms with van der Waals surface area (Å²) in [6.07, 6.45) is 2.50. The lowest BCUT2D eigenvalue weighted by molar-refractivity contribution is -0.141. The number of aromatic nitrogens is 5. The molecule has 0 aliphatic heterocycles. The number of nitrogens with one attached hydrogen (secondary N) is 2. The van der Waals surface area contributed by atoms with Crippen molar-refractivity contribution in [2.45, 2.75) is 31.9 Å². The smallest absolute Gasteiger partial charge is 0.338 e. The van der Waals surface area contributed by atoms with E-state index < -0.39 is 11.9 Å². The third-order valence-corrected chi connectivity index (χ3v) is 5.66. The predicted octanol–water partition coefficient (Wildman–Crippen LogP) is 5.08. The Labute approximate surface area is 192 Å². The van der Waals surface area contributed by atoms with Gasteiger partial charge in [-0.05, 0) is 43.2 Å². The molecule has 174 valence electrons. The van der Waals surface area contributed by atoms with Crippen LogP contribution in [0.5, 0.6) is 0 Å². The molecule has 1 saturated carbocycles. The summed E-state index contributed by atoms with van der Waals surface area (Å²) in [6, 6.07) is 10.5. The third-order valence-electron chi connectivity index (χ3n) is 5.66. The van der Waals surface area contributed by atoms with E-state index in [0.29, 0.717) is 22.8 Å². The number of hydrogen-bond donors (Lipinski definition) is 2. The van der Waals surface area contributed by atoms with Crippen molar-refractivity contribution >= 4 is 28.7 Å². The number of pyridine rings is 2. The summed E-state index contributed by atoms with van der Waals surface area (Å²) in [7, 11) is 0. The van der Waals surface area contributed by atoms with Gasteiger partial charge in [0.25, 0.3) is 0 Å². The maximum Gasteiger partial charge on any atom is 0.433 e. The fourth-order valence-electron chi connectivity index (χ4n) is 3.98. The Hall–Kier alpha value is -4.02. The van der Waals surface area contributed by atoms with E-state index in [1.54, 1.807) is 36.7 Å². The van der Waals surface area contributed by atoms with Crippen molar-refractivity contribution in [1.29, 1.82) is 0 Å². The zero-order chi connectivity index (χ0) is 23.7. The zero-order valence-corrected chi connectivity index (χ0v) is 17.9. The van der Waals surface area contributed by atoms with Crippen LogP contribution in [0.3, 0.4) is 0 Å². The lowest BCUT2D eigenvalue weighted by Crippen LogP contribution is -2.20. The summed E-state index contributed by atoms with van der Waals surface area (Å²) in [5.74, 6) is 0.760. The van der Waals surface area contributed by atoms with Crippen molar-refractivity contribution in [3.8, 4) is 11.5 Å². The van der Waals surface area contributed by atoms with E-state index in [1.807, 2.05) is 0 Å². The van der Waals surface area contributed by atoms with E-state index in [4.69, 9.17) is 0 Å². The molecule has 11 heteroatoms. The number of fused-ring (bicyclic) bond motifs is 1. The Morgan fingerprint density at radius 3 is 2.68 bits per heavy atom. The molecular weight excluding hydrogens is 447 g/mol. The van der Waals surface area contributed by atoms with Crippen LogP contribution in [0.4, 0.5) is 30.5 Å². The maximum absolute atomic E-state index is 13.1. The molecule has 4 aromatic heterocycles. The van der Waals surface area contributed by atoms with Gasteiger partial charge in [-0.25, -0.2) is 19.5 Å². The maximum atomic E-state index is 13.1. The second kappa shape index (κ2) is 8.73. The molecule has 4 heterocycles. The first-order valence-electron chi connectivity index (χ1n) is 10.8. The van der Waals surface area contributed by atoms with E-state index in [2.05, 4.69) is 30.7 Å². The van der Waals surface area contributed by atoms with Gasteiger partial charge in [0.05, 0.1) is 0 Å². The lowest BCUT2D eigenvalue weighted by Gasteiger charge is -2.13. The van der Waals surface area contributed by atoms with Crippen LogP contribution in [-0.4, -0.2) is 30.5 Å². The van der Waals surface area contributed by atoms with Gasteiger partial charge >= 0.3 is 6.18 Å². The van der Waals surface area contributed by atoms with Gasteiger partial charge in [-0.1, -0.05) is 18.9 Å². The third kappa shape index (κ3) is 4.54. The molecule has 4 aromatic rings. The van der Waals surface area contributed by atoms with Crippen molar-refractivity contribution in [2.24, 2.45) is 5.92 Å². The van der Waals surface area contributed by atoms with Gasteiger partial charge in [-0.3, -0.25) is 4.79 Å². The van der Waals surface area contributed by atoms with Crippen LogP contribution in [0, 0.1) is 5.92 Å². The minimum absolute atomic E-state index is 0.00291. The predicted molar refractivity (Wildman–Crippen MR) is 119 cm³/mol. The summed E-state index contributed by atoms with van der Waals surface area (Å²) in [5.41, 5.74) is 0.186. The van der Waals surface area contributed by atoms with Crippen LogP contribution in [0.25, 0.3) is 17.0 Å². The molecule has 0 spiro atoms. The molecule has 1 aliphatic carbocycles. The quantitative estimate of drug-likeness (QED) is 0.425. The molecule has 1 fully saturated rings.